The predicted octanol–water partition coefficient (Wildman–Crippen LogP) is 5.00. The summed E-state index contributed by atoms with van der Waals surface area (Å²) in [6, 6.07) is 5.84. The van der Waals surface area contributed by atoms with Crippen molar-refractivity contribution < 1.29 is 4.39 Å². The molecule has 0 amide bonds. The molecule has 0 radical (unpaired) electrons. The number of anilines is 4. The molecule has 1 aromatic carbocycles. The van der Waals surface area contributed by atoms with Gasteiger partial charge < -0.3 is 20.9 Å². The molecule has 200 valence electrons. The molecule has 5 aliphatic rings. The number of fused-ring (bicyclic) bond motifs is 2. The molecule has 2 aliphatic heterocycles. The molecule has 1 saturated carbocycles. The fourth-order valence-corrected chi connectivity index (χ4v) is 7.42. The van der Waals surface area contributed by atoms with E-state index < -0.39 is 0 Å². The number of benzene rings is 1. The van der Waals surface area contributed by atoms with Crippen LogP contribution in [0, 0.1) is 5.82 Å². The standard InChI is InChI=1S/C27H33ClFN9/c28-24-22-16-3-5-17(6-4-16)23(22)25(34-33-24)38-26(30)32-27(35-38)31-18-7-8-21(20(29)15-18)37-13-9-19(10-14-37)36-11-1-2-12-36/h7-8,15-17,19H,1-6,9-14H2,(H3,30,31,32,35). The number of hydrogen-bond acceptors (Lipinski definition) is 8. The second-order valence-electron chi connectivity index (χ2n) is 11.1. The third kappa shape index (κ3) is 4.18. The van der Waals surface area contributed by atoms with Gasteiger partial charge in [-0.15, -0.1) is 15.3 Å². The summed E-state index contributed by atoms with van der Waals surface area (Å²) in [6.45, 7) is 4.17. The smallest absolute Gasteiger partial charge is 0.248 e. The van der Waals surface area contributed by atoms with Crippen LogP contribution in [0.3, 0.4) is 0 Å². The molecular weight excluding hydrogens is 505 g/mol. The van der Waals surface area contributed by atoms with E-state index in [0.717, 1.165) is 62.7 Å². The Morgan fingerprint density at radius 1 is 0.921 bits per heavy atom. The number of halogens is 2. The van der Waals surface area contributed by atoms with Crippen molar-refractivity contribution in [3.8, 4) is 5.82 Å². The first-order valence-corrected chi connectivity index (χ1v) is 14.3. The predicted molar refractivity (Wildman–Crippen MR) is 146 cm³/mol. The topological polar surface area (TPSA) is 101 Å². The highest BCUT2D eigenvalue weighted by Gasteiger charge is 2.38. The Morgan fingerprint density at radius 2 is 1.63 bits per heavy atom. The normalized spacial score (nSPS) is 23.7. The maximum Gasteiger partial charge on any atom is 0.248 e. The Morgan fingerprint density at radius 3 is 2.34 bits per heavy atom. The SMILES string of the molecule is Nc1nc(Nc2ccc(N3CCC(N4CCCC4)CC3)c(F)c2)nn1-c1nnc(Cl)c2c1C1CCC2CC1. The van der Waals surface area contributed by atoms with Gasteiger partial charge in [-0.1, -0.05) is 11.6 Å². The van der Waals surface area contributed by atoms with Crippen LogP contribution in [0.2, 0.25) is 5.15 Å². The lowest BCUT2D eigenvalue weighted by Crippen LogP contribution is -2.44. The van der Waals surface area contributed by atoms with Crippen molar-refractivity contribution in [3.63, 3.8) is 0 Å². The van der Waals surface area contributed by atoms with Crippen LogP contribution in [-0.4, -0.2) is 62.1 Å². The number of nitrogens with zero attached hydrogens (tertiary/aromatic N) is 7. The first-order chi connectivity index (χ1) is 18.5. The Kier molecular flexibility index (Phi) is 6.11. The highest BCUT2D eigenvalue weighted by Crippen LogP contribution is 2.52. The molecule has 9 nitrogen and oxygen atoms in total. The average Bonchev–Trinajstić information content (AvgIpc) is 3.60. The zero-order valence-electron chi connectivity index (χ0n) is 21.4. The molecule has 3 N–H and O–H groups in total. The fourth-order valence-electron chi connectivity index (χ4n) is 7.13. The van der Waals surface area contributed by atoms with Gasteiger partial charge in [0.2, 0.25) is 11.9 Å². The van der Waals surface area contributed by atoms with Crippen LogP contribution >= 0.6 is 11.6 Å². The Bertz CT molecular complexity index is 1340. The molecule has 2 saturated heterocycles. The number of aromatic nitrogens is 5. The summed E-state index contributed by atoms with van der Waals surface area (Å²) in [6.07, 6.45) is 9.23. The molecule has 2 bridgehead atoms. The minimum absolute atomic E-state index is 0.200. The van der Waals surface area contributed by atoms with Crippen molar-refractivity contribution in [2.45, 2.75) is 69.2 Å². The lowest BCUT2D eigenvalue weighted by atomic mass is 9.67. The van der Waals surface area contributed by atoms with Gasteiger partial charge in [0, 0.05) is 35.9 Å². The van der Waals surface area contributed by atoms with Gasteiger partial charge in [0.25, 0.3) is 0 Å². The summed E-state index contributed by atoms with van der Waals surface area (Å²) in [7, 11) is 0. The van der Waals surface area contributed by atoms with Gasteiger partial charge in [0.15, 0.2) is 11.0 Å². The van der Waals surface area contributed by atoms with E-state index in [1.54, 1.807) is 0 Å². The molecule has 0 unspecified atom stereocenters. The molecule has 0 spiro atoms. The maximum absolute atomic E-state index is 15.2. The third-order valence-electron chi connectivity index (χ3n) is 9.03. The molecule has 11 heteroatoms. The van der Waals surface area contributed by atoms with Gasteiger partial charge in [-0.3, -0.25) is 0 Å². The lowest BCUT2D eigenvalue weighted by Gasteiger charge is -2.38. The minimum Gasteiger partial charge on any atom is -0.369 e. The van der Waals surface area contributed by atoms with Crippen LogP contribution in [0.4, 0.5) is 27.7 Å². The van der Waals surface area contributed by atoms with Gasteiger partial charge in [0.05, 0.1) is 5.69 Å². The largest absolute Gasteiger partial charge is 0.369 e. The Hall–Kier alpha value is -2.98. The molecule has 2 aromatic heterocycles. The number of nitrogen functional groups attached to an aromatic ring is 1. The quantitative estimate of drug-likeness (QED) is 0.469. The molecular formula is C27H33ClFN9. The molecule has 8 rings (SSSR count). The van der Waals surface area contributed by atoms with E-state index in [2.05, 4.69) is 35.4 Å². The van der Waals surface area contributed by atoms with Gasteiger partial charge in [-0.25, -0.2) is 4.39 Å². The summed E-state index contributed by atoms with van der Waals surface area (Å²) in [4.78, 5) is 9.15. The number of rotatable bonds is 5. The molecule has 3 aliphatic carbocycles. The molecule has 38 heavy (non-hydrogen) atoms. The van der Waals surface area contributed by atoms with Crippen molar-refractivity contribution in [1.82, 2.24) is 29.9 Å². The highest BCUT2D eigenvalue weighted by atomic mass is 35.5. The second-order valence-corrected chi connectivity index (χ2v) is 11.5. The van der Waals surface area contributed by atoms with Crippen LogP contribution < -0.4 is 16.0 Å². The number of nitrogens with two attached hydrogens (primary N) is 1. The van der Waals surface area contributed by atoms with E-state index in [-0.39, 0.29) is 17.7 Å². The van der Waals surface area contributed by atoms with Crippen molar-refractivity contribution in [1.29, 1.82) is 0 Å². The van der Waals surface area contributed by atoms with Crippen molar-refractivity contribution in [2.24, 2.45) is 0 Å². The number of piperidine rings is 1. The van der Waals surface area contributed by atoms with E-state index in [4.69, 9.17) is 17.3 Å². The lowest BCUT2D eigenvalue weighted by molar-refractivity contribution is 0.207. The first-order valence-electron chi connectivity index (χ1n) is 13.9. The van der Waals surface area contributed by atoms with Gasteiger partial charge in [-0.05, 0) is 94.5 Å². The van der Waals surface area contributed by atoms with Crippen LogP contribution in [-0.2, 0) is 0 Å². The summed E-state index contributed by atoms with van der Waals surface area (Å²) < 4.78 is 16.7. The average molecular weight is 538 g/mol. The van der Waals surface area contributed by atoms with Crippen LogP contribution in [0.25, 0.3) is 5.82 Å². The third-order valence-corrected chi connectivity index (χ3v) is 9.31. The minimum atomic E-state index is -0.254. The maximum atomic E-state index is 15.2. The fraction of sp³-hybridized carbons (Fsp3) is 0.556. The molecule has 3 aromatic rings. The Balaban J connectivity index is 1.08. The molecule has 4 heterocycles. The summed E-state index contributed by atoms with van der Waals surface area (Å²) in [5.74, 6) is 1.61. The number of nitrogens with one attached hydrogen (secondary N) is 1. The van der Waals surface area contributed by atoms with Crippen LogP contribution in [0.1, 0.15) is 74.3 Å². The summed E-state index contributed by atoms with van der Waals surface area (Å²) >= 11 is 6.46. The zero-order chi connectivity index (χ0) is 25.8. The number of hydrogen-bond donors (Lipinski definition) is 2. The van der Waals surface area contributed by atoms with Gasteiger partial charge in [-0.2, -0.15) is 9.67 Å². The van der Waals surface area contributed by atoms with E-state index in [9.17, 15) is 0 Å². The number of likely N-dealkylation sites (tertiary alicyclic amines) is 1. The second kappa shape index (κ2) is 9.64. The van der Waals surface area contributed by atoms with E-state index in [1.807, 2.05) is 12.1 Å². The van der Waals surface area contributed by atoms with Crippen LogP contribution in [0.15, 0.2) is 18.2 Å². The molecule has 0 atom stereocenters. The van der Waals surface area contributed by atoms with E-state index in [1.165, 1.54) is 36.7 Å². The monoisotopic (exact) mass is 537 g/mol. The van der Waals surface area contributed by atoms with Crippen molar-refractivity contribution >= 4 is 34.9 Å². The summed E-state index contributed by atoms with van der Waals surface area (Å²) in [5, 5.41) is 16.7. The van der Waals surface area contributed by atoms with E-state index in [0.29, 0.717) is 40.2 Å². The highest BCUT2D eigenvalue weighted by molar-refractivity contribution is 6.30. The zero-order valence-corrected chi connectivity index (χ0v) is 22.2. The van der Waals surface area contributed by atoms with Gasteiger partial charge >= 0.3 is 0 Å². The first kappa shape index (κ1) is 24.1. The van der Waals surface area contributed by atoms with Crippen LogP contribution in [0.5, 0.6) is 0 Å². The van der Waals surface area contributed by atoms with Crippen molar-refractivity contribution in [2.75, 3.05) is 42.1 Å². The van der Waals surface area contributed by atoms with E-state index >= 15 is 4.39 Å². The van der Waals surface area contributed by atoms with Crippen molar-refractivity contribution in [3.05, 3.63) is 40.3 Å². The summed E-state index contributed by atoms with van der Waals surface area (Å²) in [5.41, 5.74) is 9.67. The Labute approximate surface area is 226 Å². The van der Waals surface area contributed by atoms with Gasteiger partial charge in [0.1, 0.15) is 5.82 Å². The molecule has 3 fully saturated rings.